The quantitative estimate of drug-likeness (QED) is 0.260. The van der Waals surface area contributed by atoms with Gasteiger partial charge in [-0.3, -0.25) is 14.8 Å². The van der Waals surface area contributed by atoms with Crippen LogP contribution in [0.2, 0.25) is 0 Å². The highest BCUT2D eigenvalue weighted by Gasteiger charge is 2.10. The van der Waals surface area contributed by atoms with Crippen LogP contribution in [-0.4, -0.2) is 15.9 Å². The van der Waals surface area contributed by atoms with Crippen LogP contribution < -0.4 is 16.0 Å². The number of aryl methyl sites for hydroxylation is 1. The molecule has 2 aromatic heterocycles. The fourth-order valence-electron chi connectivity index (χ4n) is 3.95. The summed E-state index contributed by atoms with van der Waals surface area (Å²) in [4.78, 5) is 21.5. The Kier molecular flexibility index (Phi) is 6.24. The second kappa shape index (κ2) is 9.95. The molecule has 174 valence electrons. The zero-order chi connectivity index (χ0) is 24.9. The summed E-state index contributed by atoms with van der Waals surface area (Å²) in [6.07, 6.45) is 5.15. The van der Waals surface area contributed by atoms with Crippen LogP contribution in [0.25, 0.3) is 10.9 Å². The average Bonchev–Trinajstić information content (AvgIpc) is 2.89. The van der Waals surface area contributed by atoms with Gasteiger partial charge in [0.25, 0.3) is 5.91 Å². The fourth-order valence-corrected chi connectivity index (χ4v) is 3.95. The van der Waals surface area contributed by atoms with Crippen LogP contribution >= 0.6 is 0 Å². The van der Waals surface area contributed by atoms with Gasteiger partial charge in [-0.2, -0.15) is 5.26 Å². The molecule has 5 aromatic rings. The first-order valence-corrected chi connectivity index (χ1v) is 11.3. The summed E-state index contributed by atoms with van der Waals surface area (Å²) < 4.78 is 0. The highest BCUT2D eigenvalue weighted by atomic mass is 16.1. The number of carbonyl (C=O) groups excluding carboxylic acids is 1. The molecule has 0 aliphatic carbocycles. The molecule has 0 bridgehead atoms. The van der Waals surface area contributed by atoms with Crippen LogP contribution in [0.5, 0.6) is 0 Å². The molecule has 36 heavy (non-hydrogen) atoms. The third-order valence-electron chi connectivity index (χ3n) is 5.58. The molecular formula is C29H22N6O. The van der Waals surface area contributed by atoms with Gasteiger partial charge in [0.05, 0.1) is 17.1 Å². The SMILES string of the molecule is Cc1cc(NC(=O)c2cccc(Nc3ccnc4ccc(C#N)cc34)c2)cc(Nc2ccncc2)c1. The Hall–Kier alpha value is -5.22. The smallest absolute Gasteiger partial charge is 0.255 e. The van der Waals surface area contributed by atoms with Crippen LogP contribution in [0, 0.1) is 18.3 Å². The molecule has 0 fully saturated rings. The number of anilines is 5. The minimum atomic E-state index is -0.217. The second-order valence-corrected chi connectivity index (χ2v) is 8.31. The molecule has 7 nitrogen and oxygen atoms in total. The maximum Gasteiger partial charge on any atom is 0.255 e. The Labute approximate surface area is 208 Å². The number of hydrogen-bond acceptors (Lipinski definition) is 6. The number of nitrogens with one attached hydrogen (secondary N) is 3. The molecule has 0 aliphatic heterocycles. The van der Waals surface area contributed by atoms with Crippen molar-refractivity contribution in [3.8, 4) is 6.07 Å². The van der Waals surface area contributed by atoms with E-state index in [9.17, 15) is 10.1 Å². The number of rotatable bonds is 6. The Morgan fingerprint density at radius 1 is 0.806 bits per heavy atom. The number of carbonyl (C=O) groups is 1. The minimum Gasteiger partial charge on any atom is -0.355 e. The van der Waals surface area contributed by atoms with E-state index < -0.39 is 0 Å². The van der Waals surface area contributed by atoms with Crippen molar-refractivity contribution in [1.82, 2.24) is 9.97 Å². The van der Waals surface area contributed by atoms with Gasteiger partial charge in [0.2, 0.25) is 0 Å². The summed E-state index contributed by atoms with van der Waals surface area (Å²) in [6.45, 7) is 1.98. The molecule has 0 spiro atoms. The Bertz CT molecular complexity index is 1610. The molecule has 7 heteroatoms. The number of amides is 1. The number of aromatic nitrogens is 2. The van der Waals surface area contributed by atoms with Gasteiger partial charge in [0.1, 0.15) is 0 Å². The number of hydrogen-bond donors (Lipinski definition) is 3. The lowest BCUT2D eigenvalue weighted by Gasteiger charge is -2.13. The van der Waals surface area contributed by atoms with Crippen molar-refractivity contribution in [1.29, 1.82) is 5.26 Å². The largest absolute Gasteiger partial charge is 0.355 e. The molecule has 0 unspecified atom stereocenters. The Balaban J connectivity index is 1.36. The third kappa shape index (κ3) is 5.13. The van der Waals surface area contributed by atoms with Crippen molar-refractivity contribution in [3.63, 3.8) is 0 Å². The van der Waals surface area contributed by atoms with Crippen LogP contribution in [0.15, 0.2) is 97.5 Å². The number of nitriles is 1. The van der Waals surface area contributed by atoms with Gasteiger partial charge in [-0.25, -0.2) is 0 Å². The molecule has 3 N–H and O–H groups in total. The molecule has 3 aromatic carbocycles. The highest BCUT2D eigenvalue weighted by Crippen LogP contribution is 2.27. The van der Waals surface area contributed by atoms with E-state index in [0.717, 1.165) is 39.2 Å². The van der Waals surface area contributed by atoms with E-state index >= 15 is 0 Å². The van der Waals surface area contributed by atoms with Gasteiger partial charge >= 0.3 is 0 Å². The van der Waals surface area contributed by atoms with Gasteiger partial charge in [-0.05, 0) is 85.3 Å². The minimum absolute atomic E-state index is 0.217. The summed E-state index contributed by atoms with van der Waals surface area (Å²) in [5, 5.41) is 19.8. The number of nitrogens with zero attached hydrogens (tertiary/aromatic N) is 3. The zero-order valence-corrected chi connectivity index (χ0v) is 19.5. The summed E-state index contributed by atoms with van der Waals surface area (Å²) in [5.74, 6) is -0.217. The Morgan fingerprint density at radius 3 is 2.47 bits per heavy atom. The van der Waals surface area contributed by atoms with Crippen molar-refractivity contribution in [2.24, 2.45) is 0 Å². The zero-order valence-electron chi connectivity index (χ0n) is 19.5. The first-order valence-electron chi connectivity index (χ1n) is 11.3. The molecule has 0 atom stereocenters. The van der Waals surface area contributed by atoms with Gasteiger partial charge in [-0.15, -0.1) is 0 Å². The number of benzene rings is 3. The first kappa shape index (κ1) is 22.6. The monoisotopic (exact) mass is 470 g/mol. The molecule has 5 rings (SSSR count). The van der Waals surface area contributed by atoms with E-state index in [0.29, 0.717) is 16.8 Å². The fraction of sp³-hybridized carbons (Fsp3) is 0.0345. The molecule has 0 radical (unpaired) electrons. The van der Waals surface area contributed by atoms with E-state index in [1.807, 2.05) is 61.5 Å². The standard InChI is InChI=1S/C29H22N6O/c1-19-13-24(33-22-7-10-31-11-8-22)17-25(14-19)35-29(36)21-3-2-4-23(16-21)34-28-9-12-32-27-6-5-20(18-30)15-26(27)28/h2-17H,1H3,(H,31,33)(H,32,34)(H,35,36). The molecule has 0 saturated carbocycles. The van der Waals surface area contributed by atoms with E-state index in [2.05, 4.69) is 32.0 Å². The van der Waals surface area contributed by atoms with Crippen LogP contribution in [-0.2, 0) is 0 Å². The average molecular weight is 471 g/mol. The second-order valence-electron chi connectivity index (χ2n) is 8.31. The molecule has 1 amide bonds. The van der Waals surface area contributed by atoms with Gasteiger partial charge in [-0.1, -0.05) is 6.07 Å². The predicted octanol–water partition coefficient (Wildman–Crippen LogP) is 6.55. The van der Waals surface area contributed by atoms with E-state index in [4.69, 9.17) is 0 Å². The predicted molar refractivity (Wildman–Crippen MR) is 143 cm³/mol. The summed E-state index contributed by atoms with van der Waals surface area (Å²) in [7, 11) is 0. The van der Waals surface area contributed by atoms with Gasteiger partial charge in [0.15, 0.2) is 0 Å². The summed E-state index contributed by atoms with van der Waals surface area (Å²) >= 11 is 0. The normalized spacial score (nSPS) is 10.4. The van der Waals surface area contributed by atoms with Crippen molar-refractivity contribution < 1.29 is 4.79 Å². The molecule has 0 aliphatic rings. The highest BCUT2D eigenvalue weighted by molar-refractivity contribution is 6.05. The number of pyridine rings is 2. The molecular weight excluding hydrogens is 448 g/mol. The maximum absolute atomic E-state index is 13.1. The lowest BCUT2D eigenvalue weighted by molar-refractivity contribution is 0.102. The van der Waals surface area contributed by atoms with Gasteiger partial charge < -0.3 is 16.0 Å². The topological polar surface area (TPSA) is 103 Å². The Morgan fingerprint density at radius 2 is 1.64 bits per heavy atom. The van der Waals surface area contributed by atoms with Crippen LogP contribution in [0.3, 0.4) is 0 Å². The molecule has 2 heterocycles. The van der Waals surface area contributed by atoms with E-state index in [1.54, 1.807) is 42.9 Å². The first-order chi connectivity index (χ1) is 17.6. The van der Waals surface area contributed by atoms with Gasteiger partial charge in [0, 0.05) is 58.0 Å². The van der Waals surface area contributed by atoms with E-state index in [1.165, 1.54) is 0 Å². The molecule has 0 saturated heterocycles. The van der Waals surface area contributed by atoms with Crippen molar-refractivity contribution >= 4 is 45.2 Å². The van der Waals surface area contributed by atoms with Crippen molar-refractivity contribution in [2.75, 3.05) is 16.0 Å². The summed E-state index contributed by atoms with van der Waals surface area (Å²) in [6, 6.07) is 26.2. The lowest BCUT2D eigenvalue weighted by atomic mass is 10.1. The van der Waals surface area contributed by atoms with Crippen LogP contribution in [0.4, 0.5) is 28.4 Å². The van der Waals surface area contributed by atoms with E-state index in [-0.39, 0.29) is 5.91 Å². The third-order valence-corrected chi connectivity index (χ3v) is 5.58. The number of fused-ring (bicyclic) bond motifs is 1. The lowest BCUT2D eigenvalue weighted by Crippen LogP contribution is -2.12. The van der Waals surface area contributed by atoms with Crippen molar-refractivity contribution in [2.45, 2.75) is 6.92 Å². The summed E-state index contributed by atoms with van der Waals surface area (Å²) in [5.41, 5.74) is 6.90. The maximum atomic E-state index is 13.1. The van der Waals surface area contributed by atoms with Crippen LogP contribution in [0.1, 0.15) is 21.5 Å². The van der Waals surface area contributed by atoms with Crippen molar-refractivity contribution in [3.05, 3.63) is 114 Å².